The lowest BCUT2D eigenvalue weighted by molar-refractivity contribution is 0.400. The first-order chi connectivity index (χ1) is 8.52. The molecule has 0 spiro atoms. The summed E-state index contributed by atoms with van der Waals surface area (Å²) < 4.78 is 0. The molecular formula is C12H19N5S. The molecule has 0 radical (unpaired) electrons. The Morgan fingerprint density at radius 2 is 2.33 bits per heavy atom. The van der Waals surface area contributed by atoms with Crippen LogP contribution in [0.25, 0.3) is 0 Å². The molecule has 6 heteroatoms. The van der Waals surface area contributed by atoms with E-state index >= 15 is 0 Å². The maximum Gasteiger partial charge on any atom is 0.125 e. The average molecular weight is 265 g/mol. The summed E-state index contributed by atoms with van der Waals surface area (Å²) in [5, 5.41) is 8.91. The number of piperidine rings is 1. The van der Waals surface area contributed by atoms with Crippen LogP contribution in [-0.2, 0) is 0 Å². The summed E-state index contributed by atoms with van der Waals surface area (Å²) in [6.07, 6.45) is 3.47. The van der Waals surface area contributed by atoms with Gasteiger partial charge in [0.25, 0.3) is 0 Å². The lowest BCUT2D eigenvalue weighted by Gasteiger charge is -2.28. The highest BCUT2D eigenvalue weighted by Crippen LogP contribution is 2.06. The van der Waals surface area contributed by atoms with Gasteiger partial charge >= 0.3 is 0 Å². The molecule has 0 bridgehead atoms. The van der Waals surface area contributed by atoms with E-state index in [1.165, 1.54) is 5.37 Å². The van der Waals surface area contributed by atoms with Gasteiger partial charge in [0, 0.05) is 37.6 Å². The second-order valence-corrected chi connectivity index (χ2v) is 4.50. The van der Waals surface area contributed by atoms with Crippen LogP contribution in [0.3, 0.4) is 0 Å². The second kappa shape index (κ2) is 7.13. The molecular weight excluding hydrogens is 246 g/mol. The summed E-state index contributed by atoms with van der Waals surface area (Å²) in [5.74, 6) is 1.43. The number of aromatic nitrogens is 2. The quantitative estimate of drug-likeness (QED) is 0.745. The molecule has 5 nitrogen and oxygen atoms in total. The van der Waals surface area contributed by atoms with Crippen LogP contribution in [0, 0.1) is 12.3 Å². The lowest BCUT2D eigenvalue weighted by Crippen LogP contribution is -2.41. The fourth-order valence-electron chi connectivity index (χ4n) is 1.54. The van der Waals surface area contributed by atoms with Gasteiger partial charge in [-0.1, -0.05) is 12.2 Å². The molecule has 0 aliphatic carbocycles. The number of hydrogen-bond acceptors (Lipinski definition) is 5. The van der Waals surface area contributed by atoms with Gasteiger partial charge in [0.15, 0.2) is 0 Å². The summed E-state index contributed by atoms with van der Waals surface area (Å²) in [6, 6.07) is 2.01. The molecule has 1 aliphatic rings. The van der Waals surface area contributed by atoms with E-state index in [2.05, 4.69) is 22.2 Å². The lowest BCUT2D eigenvalue weighted by atomic mass is 10.1. The Hall–Kier alpha value is -1.40. The Morgan fingerprint density at radius 3 is 2.78 bits per heavy atom. The third-order valence-electron chi connectivity index (χ3n) is 2.67. The number of hydrogen-bond donors (Lipinski definition) is 2. The van der Waals surface area contributed by atoms with Gasteiger partial charge in [-0.2, -0.15) is 0 Å². The number of nitrogens with one attached hydrogen (secondary N) is 1. The van der Waals surface area contributed by atoms with E-state index in [4.69, 9.17) is 11.1 Å². The molecule has 98 valence electrons. The van der Waals surface area contributed by atoms with Crippen LogP contribution in [0.2, 0.25) is 0 Å². The van der Waals surface area contributed by atoms with Crippen molar-refractivity contribution in [3.63, 3.8) is 0 Å². The fraction of sp³-hybridized carbons (Fsp3) is 0.500. The summed E-state index contributed by atoms with van der Waals surface area (Å²) in [5.41, 5.74) is 6.42. The maximum atomic E-state index is 7.37. The van der Waals surface area contributed by atoms with Crippen molar-refractivity contribution in [3.8, 4) is 0 Å². The zero-order chi connectivity index (χ0) is 13.5. The smallest absolute Gasteiger partial charge is 0.125 e. The van der Waals surface area contributed by atoms with Crippen molar-refractivity contribution in [2.45, 2.75) is 25.8 Å². The number of thiocarbonyl (C=S) groups is 1. The highest BCUT2D eigenvalue weighted by molar-refractivity contribution is 7.79. The molecule has 18 heavy (non-hydrogen) atoms. The van der Waals surface area contributed by atoms with Gasteiger partial charge in [-0.3, -0.25) is 5.41 Å². The average Bonchev–Trinajstić information content (AvgIpc) is 2.35. The molecule has 0 saturated carbocycles. The minimum absolute atomic E-state index is 0.230. The third-order valence-corrected chi connectivity index (χ3v) is 2.91. The minimum Gasteiger partial charge on any atom is -0.364 e. The molecule has 1 fully saturated rings. The van der Waals surface area contributed by atoms with E-state index < -0.39 is 0 Å². The predicted octanol–water partition coefficient (Wildman–Crippen LogP) is 1.15. The molecule has 0 aromatic carbocycles. The number of nitrogens with two attached hydrogens (primary N) is 1. The van der Waals surface area contributed by atoms with Crippen LogP contribution in [0.15, 0.2) is 12.3 Å². The number of likely N-dealkylation sites (tertiary alicyclic amines) is 1. The van der Waals surface area contributed by atoms with Gasteiger partial charge in [-0.15, -0.1) is 0 Å². The molecule has 1 unspecified atom stereocenters. The Morgan fingerprint density at radius 1 is 1.61 bits per heavy atom. The van der Waals surface area contributed by atoms with Gasteiger partial charge in [0.2, 0.25) is 0 Å². The van der Waals surface area contributed by atoms with Crippen molar-refractivity contribution >= 4 is 23.4 Å². The van der Waals surface area contributed by atoms with E-state index in [1.54, 1.807) is 12.3 Å². The van der Waals surface area contributed by atoms with Crippen LogP contribution in [0.5, 0.6) is 0 Å². The molecule has 0 amide bonds. The van der Waals surface area contributed by atoms with Crippen LogP contribution in [0.4, 0.5) is 0 Å². The van der Waals surface area contributed by atoms with Crippen molar-refractivity contribution in [2.75, 3.05) is 13.6 Å². The molecule has 3 N–H and O–H groups in total. The Labute approximate surface area is 113 Å². The number of nitrogens with zero attached hydrogens (tertiary/aromatic N) is 3. The third kappa shape index (κ3) is 4.85. The highest BCUT2D eigenvalue weighted by atomic mass is 32.1. The van der Waals surface area contributed by atoms with Gasteiger partial charge in [0.05, 0.1) is 11.5 Å². The van der Waals surface area contributed by atoms with E-state index in [0.29, 0.717) is 5.84 Å². The first-order valence-electron chi connectivity index (χ1n) is 5.82. The van der Waals surface area contributed by atoms with Crippen molar-refractivity contribution in [2.24, 2.45) is 5.73 Å². The molecule has 2 rings (SSSR count). The minimum atomic E-state index is 0.230. The summed E-state index contributed by atoms with van der Waals surface area (Å²) >= 11 is 4.66. The standard InChI is InChI=1S/C6H13N3.C6H6N2S/c1-9-3-2-5(7)4-6(9)8;1-5-7-3-2-6(4-9)8-5/h5,8H,2-4,7H2,1H3;2-4H,1H3. The molecule has 1 aliphatic heterocycles. The van der Waals surface area contributed by atoms with E-state index in [9.17, 15) is 0 Å². The topological polar surface area (TPSA) is 78.9 Å². The Kier molecular flexibility index (Phi) is 5.80. The molecule has 1 saturated heterocycles. The largest absolute Gasteiger partial charge is 0.364 e. The zero-order valence-electron chi connectivity index (χ0n) is 10.8. The Bertz CT molecular complexity index is 421. The van der Waals surface area contributed by atoms with Gasteiger partial charge in [-0.25, -0.2) is 9.97 Å². The SMILES string of the molecule is CN1CCC(N)CC1=N.Cc1nccc(C=S)n1. The zero-order valence-corrected chi connectivity index (χ0v) is 11.6. The number of aryl methyl sites for hydroxylation is 1. The molecule has 1 atom stereocenters. The fourth-order valence-corrected chi connectivity index (χ4v) is 1.67. The first-order valence-corrected chi connectivity index (χ1v) is 6.29. The Balaban J connectivity index is 0.000000180. The first kappa shape index (κ1) is 14.7. The monoisotopic (exact) mass is 265 g/mol. The molecule has 1 aromatic heterocycles. The summed E-state index contributed by atoms with van der Waals surface area (Å²) in [6.45, 7) is 2.78. The number of rotatable bonds is 1. The summed E-state index contributed by atoms with van der Waals surface area (Å²) in [4.78, 5) is 9.88. The normalized spacial score (nSPS) is 18.9. The van der Waals surface area contributed by atoms with Crippen LogP contribution in [0.1, 0.15) is 24.4 Å². The van der Waals surface area contributed by atoms with E-state index in [-0.39, 0.29) is 6.04 Å². The van der Waals surface area contributed by atoms with Gasteiger partial charge in [0.1, 0.15) is 5.82 Å². The second-order valence-electron chi connectivity index (χ2n) is 4.27. The molecule has 2 heterocycles. The van der Waals surface area contributed by atoms with E-state index in [1.807, 2.05) is 18.9 Å². The predicted molar refractivity (Wildman–Crippen MR) is 77.1 cm³/mol. The summed E-state index contributed by atoms with van der Waals surface area (Å²) in [7, 11) is 1.94. The van der Waals surface area contributed by atoms with Crippen LogP contribution >= 0.6 is 12.2 Å². The van der Waals surface area contributed by atoms with Crippen molar-refractivity contribution in [1.82, 2.24) is 14.9 Å². The van der Waals surface area contributed by atoms with Gasteiger partial charge < -0.3 is 10.6 Å². The molecule has 1 aromatic rings. The number of amidine groups is 1. The van der Waals surface area contributed by atoms with Crippen LogP contribution < -0.4 is 5.73 Å². The van der Waals surface area contributed by atoms with Crippen molar-refractivity contribution in [1.29, 1.82) is 5.41 Å². The van der Waals surface area contributed by atoms with Crippen molar-refractivity contribution < 1.29 is 0 Å². The highest BCUT2D eigenvalue weighted by Gasteiger charge is 2.16. The maximum absolute atomic E-state index is 7.37. The van der Waals surface area contributed by atoms with Crippen LogP contribution in [-0.4, -0.2) is 45.7 Å². The van der Waals surface area contributed by atoms with E-state index in [0.717, 1.165) is 30.9 Å². The van der Waals surface area contributed by atoms with Gasteiger partial charge in [-0.05, 0) is 19.4 Å². The van der Waals surface area contributed by atoms with Crippen molar-refractivity contribution in [3.05, 3.63) is 23.8 Å².